The number of nitrogens with zero attached hydrogens (tertiary/aromatic N) is 7. The molecule has 0 aliphatic rings. The van der Waals surface area contributed by atoms with Crippen LogP contribution in [0.4, 0.5) is 13.2 Å². The number of aromatic nitrogens is 6. The molecule has 12 heteroatoms. The summed E-state index contributed by atoms with van der Waals surface area (Å²) in [6.07, 6.45) is -0.505. The van der Waals surface area contributed by atoms with Gasteiger partial charge in [0.25, 0.3) is 0 Å². The van der Waals surface area contributed by atoms with Crippen LogP contribution in [0.1, 0.15) is 17.0 Å². The molecule has 8 nitrogen and oxygen atoms in total. The maximum Gasteiger partial charge on any atom is 0.433 e. The molecular formula is C24H13ClF3N7O. The number of pyridine rings is 2. The maximum atomic E-state index is 13.1. The van der Waals surface area contributed by atoms with Crippen LogP contribution >= 0.6 is 11.6 Å². The molecule has 0 unspecified atom stereocenters. The van der Waals surface area contributed by atoms with Crippen molar-refractivity contribution in [2.45, 2.75) is 12.7 Å². The van der Waals surface area contributed by atoms with Gasteiger partial charge in [0, 0.05) is 34.1 Å². The first kappa shape index (κ1) is 23.2. The van der Waals surface area contributed by atoms with E-state index in [1.165, 1.54) is 18.5 Å². The summed E-state index contributed by atoms with van der Waals surface area (Å²) in [6, 6.07) is 14.3. The predicted molar refractivity (Wildman–Crippen MR) is 124 cm³/mol. The summed E-state index contributed by atoms with van der Waals surface area (Å²) in [5.41, 5.74) is 1.67. The van der Waals surface area contributed by atoms with Crippen LogP contribution < -0.4 is 5.69 Å². The second kappa shape index (κ2) is 8.90. The van der Waals surface area contributed by atoms with Crippen molar-refractivity contribution >= 4 is 17.2 Å². The van der Waals surface area contributed by atoms with Crippen LogP contribution in [0, 0.1) is 11.3 Å². The van der Waals surface area contributed by atoms with E-state index < -0.39 is 17.6 Å². The Bertz CT molecular complexity index is 1670. The fourth-order valence-electron chi connectivity index (χ4n) is 3.66. The normalized spacial score (nSPS) is 11.5. The molecule has 0 amide bonds. The van der Waals surface area contributed by atoms with Gasteiger partial charge in [0.2, 0.25) is 0 Å². The van der Waals surface area contributed by atoms with Crippen molar-refractivity contribution in [1.29, 1.82) is 5.26 Å². The van der Waals surface area contributed by atoms with E-state index in [2.05, 4.69) is 20.2 Å². The van der Waals surface area contributed by atoms with Crippen molar-refractivity contribution in [3.05, 3.63) is 99.6 Å². The predicted octanol–water partition coefficient (Wildman–Crippen LogP) is 4.61. The van der Waals surface area contributed by atoms with Crippen molar-refractivity contribution in [2.24, 2.45) is 0 Å². The first-order valence-corrected chi connectivity index (χ1v) is 10.8. The van der Waals surface area contributed by atoms with Gasteiger partial charge in [0.15, 0.2) is 5.65 Å². The van der Waals surface area contributed by atoms with Gasteiger partial charge < -0.3 is 0 Å². The van der Waals surface area contributed by atoms with Gasteiger partial charge in [-0.1, -0.05) is 29.8 Å². The number of rotatable bonds is 4. The summed E-state index contributed by atoms with van der Waals surface area (Å²) in [4.78, 5) is 20.6. The van der Waals surface area contributed by atoms with E-state index in [9.17, 15) is 18.0 Å². The van der Waals surface area contributed by atoms with Gasteiger partial charge in [-0.2, -0.15) is 28.0 Å². The molecular weight excluding hydrogens is 495 g/mol. The zero-order valence-corrected chi connectivity index (χ0v) is 18.9. The molecule has 1 aromatic carbocycles. The number of alkyl halides is 3. The highest BCUT2D eigenvalue weighted by Gasteiger charge is 2.32. The average molecular weight is 508 g/mol. The van der Waals surface area contributed by atoms with Crippen LogP contribution in [0.3, 0.4) is 0 Å². The molecule has 0 spiro atoms. The molecule has 4 heterocycles. The van der Waals surface area contributed by atoms with Crippen LogP contribution in [-0.2, 0) is 12.7 Å². The Kier molecular flexibility index (Phi) is 5.74. The third-order valence-corrected chi connectivity index (χ3v) is 5.63. The third kappa shape index (κ3) is 4.30. The Morgan fingerprint density at radius 1 is 0.944 bits per heavy atom. The molecule has 0 saturated heterocycles. The quantitative estimate of drug-likeness (QED) is 0.352. The first-order chi connectivity index (χ1) is 17.2. The minimum Gasteiger partial charge on any atom is -0.251 e. The highest BCUT2D eigenvalue weighted by atomic mass is 35.5. The summed E-state index contributed by atoms with van der Waals surface area (Å²) in [5.74, 6) is 0. The summed E-state index contributed by atoms with van der Waals surface area (Å²) in [7, 11) is 0. The fraction of sp³-hybridized carbons (Fsp3) is 0.0833. The lowest BCUT2D eigenvalue weighted by atomic mass is 9.98. The van der Waals surface area contributed by atoms with Crippen LogP contribution in [-0.4, -0.2) is 29.4 Å². The molecule has 0 saturated carbocycles. The number of nitriles is 1. The molecule has 0 fully saturated rings. The minimum absolute atomic E-state index is 0.116. The molecule has 5 aromatic rings. The number of benzene rings is 1. The average Bonchev–Trinajstić information content (AvgIpc) is 3.19. The molecule has 5 rings (SSSR count). The molecule has 178 valence electrons. The lowest BCUT2D eigenvalue weighted by Crippen LogP contribution is -2.23. The van der Waals surface area contributed by atoms with Gasteiger partial charge in [-0.3, -0.25) is 4.98 Å². The zero-order chi connectivity index (χ0) is 25.4. The lowest BCUT2D eigenvalue weighted by molar-refractivity contribution is -0.141. The van der Waals surface area contributed by atoms with Crippen LogP contribution in [0.15, 0.2) is 71.9 Å². The smallest absolute Gasteiger partial charge is 0.251 e. The molecule has 0 atom stereocenters. The van der Waals surface area contributed by atoms with Gasteiger partial charge >= 0.3 is 11.9 Å². The van der Waals surface area contributed by atoms with Crippen LogP contribution in [0.5, 0.6) is 0 Å². The topological polar surface area (TPSA) is 102 Å². The molecule has 0 N–H and O–H groups in total. The summed E-state index contributed by atoms with van der Waals surface area (Å²) in [5, 5.41) is 18.3. The van der Waals surface area contributed by atoms with Crippen molar-refractivity contribution < 1.29 is 13.2 Å². The Morgan fingerprint density at radius 2 is 1.69 bits per heavy atom. The maximum absolute atomic E-state index is 13.1. The van der Waals surface area contributed by atoms with E-state index in [0.29, 0.717) is 27.3 Å². The van der Waals surface area contributed by atoms with Gasteiger partial charge in [0.05, 0.1) is 12.7 Å². The minimum atomic E-state index is -4.57. The number of halogens is 4. The van der Waals surface area contributed by atoms with Gasteiger partial charge in [-0.05, 0) is 41.5 Å². The largest absolute Gasteiger partial charge is 0.433 e. The number of hydrogen-bond acceptors (Lipinski definition) is 6. The summed E-state index contributed by atoms with van der Waals surface area (Å²) < 4.78 is 40.7. The molecule has 4 aromatic heterocycles. The number of hydrogen-bond donors (Lipinski definition) is 0. The van der Waals surface area contributed by atoms with Crippen molar-refractivity contribution in [2.75, 3.05) is 0 Å². The second-order valence-corrected chi connectivity index (χ2v) is 8.15. The van der Waals surface area contributed by atoms with E-state index in [1.807, 2.05) is 6.07 Å². The SMILES string of the molecule is N#Cc1ccc(-c2c(-c3ccc(Cl)cc3)cnn3c(=O)n(Cc4ccc(C(F)(F)F)nc4)nc23)cn1. The van der Waals surface area contributed by atoms with Crippen LogP contribution in [0.2, 0.25) is 5.02 Å². The molecule has 0 radical (unpaired) electrons. The third-order valence-electron chi connectivity index (χ3n) is 5.38. The van der Waals surface area contributed by atoms with E-state index in [-0.39, 0.29) is 17.9 Å². The van der Waals surface area contributed by atoms with Gasteiger partial charge in [-0.15, -0.1) is 5.10 Å². The summed E-state index contributed by atoms with van der Waals surface area (Å²) >= 11 is 6.04. The summed E-state index contributed by atoms with van der Waals surface area (Å²) in [6.45, 7) is -0.116. The van der Waals surface area contributed by atoms with E-state index >= 15 is 0 Å². The lowest BCUT2D eigenvalue weighted by Gasteiger charge is -2.10. The molecule has 0 bridgehead atoms. The van der Waals surface area contributed by atoms with Gasteiger partial charge in [-0.25, -0.2) is 14.5 Å². The highest BCUT2D eigenvalue weighted by molar-refractivity contribution is 6.30. The van der Waals surface area contributed by atoms with Crippen LogP contribution in [0.25, 0.3) is 27.9 Å². The fourth-order valence-corrected chi connectivity index (χ4v) is 3.79. The van der Waals surface area contributed by atoms with Crippen molar-refractivity contribution in [3.63, 3.8) is 0 Å². The van der Waals surface area contributed by atoms with Gasteiger partial charge in [0.1, 0.15) is 17.5 Å². The Labute approximate surface area is 205 Å². The van der Waals surface area contributed by atoms with Crippen molar-refractivity contribution in [3.8, 4) is 28.3 Å². The van der Waals surface area contributed by atoms with E-state index in [4.69, 9.17) is 16.9 Å². The molecule has 0 aliphatic heterocycles. The monoisotopic (exact) mass is 507 g/mol. The van der Waals surface area contributed by atoms with E-state index in [0.717, 1.165) is 27.0 Å². The first-order valence-electron chi connectivity index (χ1n) is 10.4. The van der Waals surface area contributed by atoms with Crippen molar-refractivity contribution in [1.82, 2.24) is 29.4 Å². The highest BCUT2D eigenvalue weighted by Crippen LogP contribution is 2.34. The zero-order valence-electron chi connectivity index (χ0n) is 18.1. The Balaban J connectivity index is 1.66. The van der Waals surface area contributed by atoms with E-state index in [1.54, 1.807) is 36.4 Å². The molecule has 0 aliphatic carbocycles. The Hall–Kier alpha value is -4.56. The molecule has 36 heavy (non-hydrogen) atoms. The second-order valence-electron chi connectivity index (χ2n) is 7.71. The Morgan fingerprint density at radius 3 is 2.31 bits per heavy atom. The standard InChI is InChI=1S/C24H13ClF3N7O/c25-17-5-2-15(3-6-17)19-12-32-35-22(21(19)16-4-7-18(9-29)30-11-16)33-34(23(35)36)13-14-1-8-20(31-10-14)24(26,27)28/h1-8,10-12H,13H2. The number of fused-ring (bicyclic) bond motifs is 1.